The van der Waals surface area contributed by atoms with Crippen molar-refractivity contribution < 1.29 is 4.79 Å². The van der Waals surface area contributed by atoms with E-state index in [2.05, 4.69) is 29.4 Å². The zero-order valence-electron chi connectivity index (χ0n) is 15.8. The number of halogens is 1. The van der Waals surface area contributed by atoms with E-state index < -0.39 is 0 Å². The molecular formula is C20H27ClN4O. The van der Waals surface area contributed by atoms with Gasteiger partial charge in [-0.2, -0.15) is 5.10 Å². The van der Waals surface area contributed by atoms with Gasteiger partial charge in [0.1, 0.15) is 0 Å². The zero-order chi connectivity index (χ0) is 18.7. The lowest BCUT2D eigenvalue weighted by Gasteiger charge is -2.36. The van der Waals surface area contributed by atoms with E-state index in [0.29, 0.717) is 23.6 Å². The molecule has 1 aliphatic rings. The first-order chi connectivity index (χ1) is 12.5. The van der Waals surface area contributed by atoms with Crippen LogP contribution < -0.4 is 5.32 Å². The summed E-state index contributed by atoms with van der Waals surface area (Å²) in [5.74, 6) is -0.0525. The van der Waals surface area contributed by atoms with E-state index in [1.54, 1.807) is 10.9 Å². The Balaban J connectivity index is 1.80. The summed E-state index contributed by atoms with van der Waals surface area (Å²) in [4.78, 5) is 15.1. The van der Waals surface area contributed by atoms with Crippen LogP contribution in [0.2, 0.25) is 5.02 Å². The van der Waals surface area contributed by atoms with Crippen molar-refractivity contribution in [3.05, 3.63) is 46.7 Å². The lowest BCUT2D eigenvalue weighted by Crippen LogP contribution is -2.50. The highest BCUT2D eigenvalue weighted by Gasteiger charge is 2.36. The summed E-state index contributed by atoms with van der Waals surface area (Å²) >= 11 is 6.10. The summed E-state index contributed by atoms with van der Waals surface area (Å²) < 4.78 is 1.80. The number of rotatable bonds is 6. The second-order valence-electron chi connectivity index (χ2n) is 7.26. The Morgan fingerprint density at radius 2 is 2.08 bits per heavy atom. The van der Waals surface area contributed by atoms with Crippen molar-refractivity contribution in [2.45, 2.75) is 44.6 Å². The number of nitrogens with one attached hydrogen (secondary N) is 1. The second kappa shape index (κ2) is 7.80. The molecule has 140 valence electrons. The van der Waals surface area contributed by atoms with E-state index in [1.165, 1.54) is 12.8 Å². The third-order valence-electron chi connectivity index (χ3n) is 5.56. The molecule has 26 heavy (non-hydrogen) atoms. The quantitative estimate of drug-likeness (QED) is 0.838. The summed E-state index contributed by atoms with van der Waals surface area (Å²) in [6.45, 7) is 2.71. The van der Waals surface area contributed by atoms with Gasteiger partial charge in [-0.1, -0.05) is 37.4 Å². The molecule has 3 rings (SSSR count). The van der Waals surface area contributed by atoms with Crippen molar-refractivity contribution in [2.75, 3.05) is 20.6 Å². The molecule has 0 atom stereocenters. The molecule has 0 radical (unpaired) electrons. The summed E-state index contributed by atoms with van der Waals surface area (Å²) in [7, 11) is 4.21. The van der Waals surface area contributed by atoms with Crippen LogP contribution in [0.25, 0.3) is 5.69 Å². The van der Waals surface area contributed by atoms with Crippen LogP contribution in [0.1, 0.15) is 48.7 Å². The van der Waals surface area contributed by atoms with Crippen molar-refractivity contribution in [3.8, 4) is 5.69 Å². The summed E-state index contributed by atoms with van der Waals surface area (Å²) in [6.07, 6.45) is 7.08. The lowest BCUT2D eigenvalue weighted by atomic mass is 9.96. The van der Waals surface area contributed by atoms with Crippen LogP contribution in [0.4, 0.5) is 0 Å². The average Bonchev–Trinajstić information content (AvgIpc) is 3.27. The molecule has 2 aromatic rings. The van der Waals surface area contributed by atoms with Crippen molar-refractivity contribution in [2.24, 2.45) is 0 Å². The molecule has 1 N–H and O–H groups in total. The van der Waals surface area contributed by atoms with Crippen molar-refractivity contribution in [1.29, 1.82) is 0 Å². The van der Waals surface area contributed by atoms with Gasteiger partial charge in [0.25, 0.3) is 5.91 Å². The normalized spacial score (nSPS) is 16.2. The Hall–Kier alpha value is -1.85. The minimum absolute atomic E-state index is 0.0525. The van der Waals surface area contributed by atoms with Gasteiger partial charge in [0, 0.05) is 17.1 Å². The van der Waals surface area contributed by atoms with Gasteiger partial charge >= 0.3 is 0 Å². The molecule has 0 unspecified atom stereocenters. The number of carbonyl (C=O) groups is 1. The van der Waals surface area contributed by atoms with Gasteiger partial charge in [-0.3, -0.25) is 4.79 Å². The van der Waals surface area contributed by atoms with Crippen LogP contribution in [-0.4, -0.2) is 46.8 Å². The molecule has 0 bridgehead atoms. The minimum atomic E-state index is -0.0525. The van der Waals surface area contributed by atoms with Crippen molar-refractivity contribution in [1.82, 2.24) is 20.0 Å². The number of likely N-dealkylation sites (N-methyl/N-ethyl adjacent to an activating group) is 1. The van der Waals surface area contributed by atoms with Gasteiger partial charge in [0.05, 0.1) is 23.1 Å². The fraction of sp³-hybridized carbons (Fsp3) is 0.500. The average molecular weight is 375 g/mol. The summed E-state index contributed by atoms with van der Waals surface area (Å²) in [5, 5.41) is 8.25. The van der Waals surface area contributed by atoms with Crippen LogP contribution in [0.15, 0.2) is 30.5 Å². The molecule has 1 aromatic carbocycles. The second-order valence-corrected chi connectivity index (χ2v) is 7.70. The molecule has 1 amide bonds. The molecule has 1 aromatic heterocycles. The summed E-state index contributed by atoms with van der Waals surface area (Å²) in [6, 6.07) is 7.52. The van der Waals surface area contributed by atoms with Crippen LogP contribution in [0.3, 0.4) is 0 Å². The van der Waals surface area contributed by atoms with Crippen LogP contribution in [-0.2, 0) is 6.42 Å². The van der Waals surface area contributed by atoms with Crippen molar-refractivity contribution in [3.63, 3.8) is 0 Å². The van der Waals surface area contributed by atoms with Gasteiger partial charge < -0.3 is 10.2 Å². The number of benzene rings is 1. The zero-order valence-corrected chi connectivity index (χ0v) is 16.5. The molecule has 1 saturated carbocycles. The molecule has 6 heteroatoms. The fourth-order valence-electron chi connectivity index (χ4n) is 3.89. The molecule has 0 saturated heterocycles. The highest BCUT2D eigenvalue weighted by atomic mass is 35.5. The largest absolute Gasteiger partial charge is 0.350 e. The number of carbonyl (C=O) groups excluding carboxylic acids is 1. The molecule has 0 aliphatic heterocycles. The standard InChI is InChI=1S/C20H27ClN4O/c1-4-18-17(13-23-25(18)16-9-7-8-15(21)12-16)19(26)22-14-20(24(2)3)10-5-6-11-20/h7-9,12-13H,4-6,10-11,14H2,1-3H3,(H,22,26). The Kier molecular flexibility index (Phi) is 5.68. The Labute approximate surface area is 160 Å². The minimum Gasteiger partial charge on any atom is -0.350 e. The number of aromatic nitrogens is 2. The Morgan fingerprint density at radius 3 is 2.69 bits per heavy atom. The van der Waals surface area contributed by atoms with E-state index >= 15 is 0 Å². The number of nitrogens with zero attached hydrogens (tertiary/aromatic N) is 3. The maximum atomic E-state index is 12.8. The molecule has 0 spiro atoms. The predicted octanol–water partition coefficient (Wildman–Crippen LogP) is 3.69. The van der Waals surface area contributed by atoms with Crippen LogP contribution in [0, 0.1) is 0 Å². The van der Waals surface area contributed by atoms with Gasteiger partial charge in [0.2, 0.25) is 0 Å². The molecule has 5 nitrogen and oxygen atoms in total. The lowest BCUT2D eigenvalue weighted by molar-refractivity contribution is 0.0899. The van der Waals surface area contributed by atoms with Crippen LogP contribution in [0.5, 0.6) is 0 Å². The number of amides is 1. The van der Waals surface area contributed by atoms with Crippen LogP contribution >= 0.6 is 11.6 Å². The SMILES string of the molecule is CCc1c(C(=O)NCC2(N(C)C)CCCC2)cnn1-c1cccc(Cl)c1. The Morgan fingerprint density at radius 1 is 1.35 bits per heavy atom. The number of hydrogen-bond acceptors (Lipinski definition) is 3. The van der Waals surface area contributed by atoms with E-state index in [0.717, 1.165) is 24.2 Å². The van der Waals surface area contributed by atoms with E-state index in [4.69, 9.17) is 11.6 Å². The van der Waals surface area contributed by atoms with Gasteiger partial charge in [-0.05, 0) is 51.6 Å². The first-order valence-electron chi connectivity index (χ1n) is 9.25. The smallest absolute Gasteiger partial charge is 0.254 e. The van der Waals surface area contributed by atoms with Gasteiger partial charge in [0.15, 0.2) is 0 Å². The summed E-state index contributed by atoms with van der Waals surface area (Å²) in [5.41, 5.74) is 2.48. The topological polar surface area (TPSA) is 50.2 Å². The third-order valence-corrected chi connectivity index (χ3v) is 5.80. The highest BCUT2D eigenvalue weighted by Crippen LogP contribution is 2.33. The van der Waals surface area contributed by atoms with E-state index in [-0.39, 0.29) is 11.4 Å². The fourth-order valence-corrected chi connectivity index (χ4v) is 4.07. The predicted molar refractivity (Wildman–Crippen MR) is 105 cm³/mol. The molecule has 1 heterocycles. The first-order valence-corrected chi connectivity index (χ1v) is 9.63. The first kappa shape index (κ1) is 18.9. The highest BCUT2D eigenvalue weighted by molar-refractivity contribution is 6.30. The Bertz CT molecular complexity index is 778. The van der Waals surface area contributed by atoms with Gasteiger partial charge in [-0.15, -0.1) is 0 Å². The molecular weight excluding hydrogens is 348 g/mol. The third kappa shape index (κ3) is 3.64. The molecule has 1 fully saturated rings. The number of hydrogen-bond donors (Lipinski definition) is 1. The molecule has 1 aliphatic carbocycles. The van der Waals surface area contributed by atoms with E-state index in [9.17, 15) is 4.79 Å². The van der Waals surface area contributed by atoms with Crippen molar-refractivity contribution >= 4 is 17.5 Å². The van der Waals surface area contributed by atoms with Gasteiger partial charge in [-0.25, -0.2) is 4.68 Å². The monoisotopic (exact) mass is 374 g/mol. The maximum Gasteiger partial charge on any atom is 0.254 e. The van der Waals surface area contributed by atoms with E-state index in [1.807, 2.05) is 31.2 Å². The maximum absolute atomic E-state index is 12.8.